The maximum Gasteiger partial charge on any atom is 0.346 e. The second kappa shape index (κ2) is 8.99. The van der Waals surface area contributed by atoms with Crippen LogP contribution in [0, 0.1) is 11.3 Å². The number of ether oxygens (including phenoxy) is 3. The lowest BCUT2D eigenvalue weighted by Gasteiger charge is -2.09. The lowest BCUT2D eigenvalue weighted by atomic mass is 10.1. The summed E-state index contributed by atoms with van der Waals surface area (Å²) >= 11 is 0. The van der Waals surface area contributed by atoms with Gasteiger partial charge in [0.1, 0.15) is 42.1 Å². The molecular formula is C19H17NO5. The summed E-state index contributed by atoms with van der Waals surface area (Å²) in [7, 11) is 1.60. The second-order valence-electron chi connectivity index (χ2n) is 4.92. The molecule has 0 aromatic heterocycles. The van der Waals surface area contributed by atoms with Crippen molar-refractivity contribution in [3.63, 3.8) is 0 Å². The van der Waals surface area contributed by atoms with E-state index < -0.39 is 5.97 Å². The molecule has 1 N–H and O–H groups in total. The Balaban J connectivity index is 1.81. The highest BCUT2D eigenvalue weighted by Gasteiger charge is 2.05. The van der Waals surface area contributed by atoms with Crippen LogP contribution in [0.15, 0.2) is 54.1 Å². The van der Waals surface area contributed by atoms with Gasteiger partial charge in [0, 0.05) is 0 Å². The van der Waals surface area contributed by atoms with Crippen LogP contribution in [0.5, 0.6) is 17.2 Å². The zero-order valence-corrected chi connectivity index (χ0v) is 13.6. The monoisotopic (exact) mass is 339 g/mol. The van der Waals surface area contributed by atoms with E-state index >= 15 is 0 Å². The van der Waals surface area contributed by atoms with Crippen molar-refractivity contribution in [2.75, 3.05) is 20.3 Å². The van der Waals surface area contributed by atoms with Gasteiger partial charge in [0.05, 0.1) is 7.11 Å². The van der Waals surface area contributed by atoms with Crippen LogP contribution < -0.4 is 14.2 Å². The average Bonchev–Trinajstić information content (AvgIpc) is 2.64. The number of hydrogen-bond acceptors (Lipinski definition) is 5. The second-order valence-corrected chi connectivity index (χ2v) is 4.92. The zero-order valence-electron chi connectivity index (χ0n) is 13.6. The summed E-state index contributed by atoms with van der Waals surface area (Å²) in [5.74, 6) is 0.866. The van der Waals surface area contributed by atoms with E-state index in [4.69, 9.17) is 24.6 Å². The van der Waals surface area contributed by atoms with Crippen LogP contribution in [0.4, 0.5) is 0 Å². The Kier molecular flexibility index (Phi) is 6.43. The van der Waals surface area contributed by atoms with E-state index in [2.05, 4.69) is 0 Å². The van der Waals surface area contributed by atoms with Crippen LogP contribution in [-0.2, 0) is 4.79 Å². The van der Waals surface area contributed by atoms with Gasteiger partial charge in [-0.3, -0.25) is 0 Å². The molecule has 2 aromatic rings. The maximum absolute atomic E-state index is 10.8. The van der Waals surface area contributed by atoms with Crippen molar-refractivity contribution in [1.29, 1.82) is 5.26 Å². The van der Waals surface area contributed by atoms with Crippen molar-refractivity contribution in [1.82, 2.24) is 0 Å². The summed E-state index contributed by atoms with van der Waals surface area (Å²) in [4.78, 5) is 10.8. The fourth-order valence-corrected chi connectivity index (χ4v) is 1.96. The minimum atomic E-state index is -1.25. The molecule has 25 heavy (non-hydrogen) atoms. The van der Waals surface area contributed by atoms with Crippen molar-refractivity contribution in [2.45, 2.75) is 0 Å². The fourth-order valence-electron chi connectivity index (χ4n) is 1.96. The van der Waals surface area contributed by atoms with E-state index in [9.17, 15) is 4.79 Å². The molecule has 0 saturated carbocycles. The summed E-state index contributed by atoms with van der Waals surface area (Å²) in [5, 5.41) is 17.6. The average molecular weight is 339 g/mol. The largest absolute Gasteiger partial charge is 0.497 e. The van der Waals surface area contributed by atoms with E-state index in [1.54, 1.807) is 37.4 Å². The van der Waals surface area contributed by atoms with Gasteiger partial charge in [-0.2, -0.15) is 5.26 Å². The van der Waals surface area contributed by atoms with Crippen molar-refractivity contribution in [3.8, 4) is 23.3 Å². The number of nitrogens with zero attached hydrogens (tertiary/aromatic N) is 1. The van der Waals surface area contributed by atoms with Crippen LogP contribution in [0.3, 0.4) is 0 Å². The highest BCUT2D eigenvalue weighted by atomic mass is 16.5. The lowest BCUT2D eigenvalue weighted by Crippen LogP contribution is -2.08. The van der Waals surface area contributed by atoms with Gasteiger partial charge in [-0.05, 0) is 48.0 Å². The molecule has 0 aliphatic heterocycles. The van der Waals surface area contributed by atoms with E-state index in [0.29, 0.717) is 24.5 Å². The SMILES string of the molecule is COc1ccc(OCCOc2ccc(C=C(C#N)C(=O)O)cc2)cc1. The Labute approximate surface area is 145 Å². The molecule has 0 aliphatic carbocycles. The van der Waals surface area contributed by atoms with Gasteiger partial charge in [-0.1, -0.05) is 12.1 Å². The molecule has 0 atom stereocenters. The van der Waals surface area contributed by atoms with Gasteiger partial charge < -0.3 is 19.3 Å². The summed E-state index contributed by atoms with van der Waals surface area (Å²) in [6, 6.07) is 15.7. The molecule has 0 heterocycles. The Morgan fingerprint density at radius 1 is 1.00 bits per heavy atom. The van der Waals surface area contributed by atoms with Gasteiger partial charge in [0.25, 0.3) is 0 Å². The first-order valence-corrected chi connectivity index (χ1v) is 7.47. The molecular weight excluding hydrogens is 322 g/mol. The van der Waals surface area contributed by atoms with Crippen molar-refractivity contribution >= 4 is 12.0 Å². The lowest BCUT2D eigenvalue weighted by molar-refractivity contribution is -0.132. The predicted molar refractivity (Wildman–Crippen MR) is 91.7 cm³/mol. The smallest absolute Gasteiger partial charge is 0.346 e. The standard InChI is InChI=1S/C19H17NO5/c1-23-16-6-8-18(9-7-16)25-11-10-24-17-4-2-14(3-5-17)12-15(13-20)19(21)22/h2-9,12H,10-11H2,1H3,(H,21,22). The summed E-state index contributed by atoms with van der Waals surface area (Å²) in [5.41, 5.74) is 0.294. The first-order valence-electron chi connectivity index (χ1n) is 7.47. The fraction of sp³-hybridized carbons (Fsp3) is 0.158. The number of methoxy groups -OCH3 is 1. The Morgan fingerprint density at radius 3 is 1.92 bits per heavy atom. The number of benzene rings is 2. The van der Waals surface area contributed by atoms with Crippen molar-refractivity contribution < 1.29 is 24.1 Å². The molecule has 0 spiro atoms. The van der Waals surface area contributed by atoms with E-state index in [1.165, 1.54) is 6.08 Å². The minimum Gasteiger partial charge on any atom is -0.497 e. The summed E-state index contributed by atoms with van der Waals surface area (Å²) in [6.07, 6.45) is 1.30. The number of carbonyl (C=O) groups is 1. The summed E-state index contributed by atoms with van der Waals surface area (Å²) < 4.78 is 16.2. The molecule has 0 fully saturated rings. The molecule has 6 heteroatoms. The molecule has 0 unspecified atom stereocenters. The normalized spacial score (nSPS) is 10.6. The number of hydrogen-bond donors (Lipinski definition) is 1. The minimum absolute atomic E-state index is 0.318. The Morgan fingerprint density at radius 2 is 1.48 bits per heavy atom. The number of carboxylic acid groups (broad SMARTS) is 1. The van der Waals surface area contributed by atoms with Crippen LogP contribution in [0.1, 0.15) is 5.56 Å². The number of aliphatic carboxylic acids is 1. The molecule has 0 aliphatic rings. The van der Waals surface area contributed by atoms with Crippen LogP contribution in [0.25, 0.3) is 6.08 Å². The van der Waals surface area contributed by atoms with Gasteiger partial charge in [-0.15, -0.1) is 0 Å². The molecule has 128 valence electrons. The molecule has 0 amide bonds. The van der Waals surface area contributed by atoms with E-state index in [1.807, 2.05) is 24.3 Å². The number of rotatable bonds is 8. The third-order valence-electron chi connectivity index (χ3n) is 3.22. The predicted octanol–water partition coefficient (Wildman–Crippen LogP) is 3.14. The molecule has 2 rings (SSSR count). The van der Waals surface area contributed by atoms with Crippen molar-refractivity contribution in [2.24, 2.45) is 0 Å². The molecule has 0 bridgehead atoms. The first-order chi connectivity index (χ1) is 12.1. The Bertz CT molecular complexity index is 773. The van der Waals surface area contributed by atoms with Gasteiger partial charge in [-0.25, -0.2) is 4.79 Å². The van der Waals surface area contributed by atoms with Crippen LogP contribution in [-0.4, -0.2) is 31.4 Å². The number of nitriles is 1. The van der Waals surface area contributed by atoms with E-state index in [-0.39, 0.29) is 5.57 Å². The van der Waals surface area contributed by atoms with Crippen LogP contribution in [0.2, 0.25) is 0 Å². The summed E-state index contributed by atoms with van der Waals surface area (Å²) in [6.45, 7) is 0.741. The highest BCUT2D eigenvalue weighted by molar-refractivity contribution is 5.96. The van der Waals surface area contributed by atoms with Crippen molar-refractivity contribution in [3.05, 3.63) is 59.7 Å². The quantitative estimate of drug-likeness (QED) is 0.451. The van der Waals surface area contributed by atoms with Crippen LogP contribution >= 0.6 is 0 Å². The number of carboxylic acids is 1. The van der Waals surface area contributed by atoms with Gasteiger partial charge in [0.15, 0.2) is 0 Å². The third kappa shape index (κ3) is 5.59. The van der Waals surface area contributed by atoms with Gasteiger partial charge >= 0.3 is 5.97 Å². The molecule has 6 nitrogen and oxygen atoms in total. The van der Waals surface area contributed by atoms with Gasteiger partial charge in [0.2, 0.25) is 0 Å². The maximum atomic E-state index is 10.8. The topological polar surface area (TPSA) is 88.8 Å². The molecule has 2 aromatic carbocycles. The molecule has 0 radical (unpaired) electrons. The zero-order chi connectivity index (χ0) is 18.1. The first kappa shape index (κ1) is 17.9. The highest BCUT2D eigenvalue weighted by Crippen LogP contribution is 2.17. The Hall–Kier alpha value is -3.46. The molecule has 0 saturated heterocycles. The van der Waals surface area contributed by atoms with E-state index in [0.717, 1.165) is 11.5 Å². The third-order valence-corrected chi connectivity index (χ3v) is 3.22.